The van der Waals surface area contributed by atoms with Gasteiger partial charge in [-0.2, -0.15) is 4.98 Å². The molecule has 0 radical (unpaired) electrons. The number of aryl methyl sites for hydroxylation is 1. The Morgan fingerprint density at radius 3 is 2.44 bits per heavy atom. The van der Waals surface area contributed by atoms with Crippen molar-refractivity contribution in [3.63, 3.8) is 0 Å². The Morgan fingerprint density at radius 2 is 1.69 bits per heavy atom. The van der Waals surface area contributed by atoms with E-state index < -0.39 is 0 Å². The fourth-order valence-electron chi connectivity index (χ4n) is 3.92. The van der Waals surface area contributed by atoms with Crippen molar-refractivity contribution in [2.45, 2.75) is 19.9 Å². The molecular weight excluding hydrogens is 404 g/mol. The molecule has 162 valence electrons. The van der Waals surface area contributed by atoms with E-state index in [1.807, 2.05) is 60.4 Å². The van der Waals surface area contributed by atoms with Gasteiger partial charge in [0.15, 0.2) is 0 Å². The van der Waals surface area contributed by atoms with Gasteiger partial charge in [0.1, 0.15) is 5.69 Å². The maximum absolute atomic E-state index is 12.9. The number of benzene rings is 2. The molecule has 0 saturated carbocycles. The Balaban J connectivity index is 1.23. The number of para-hydroxylation sites is 2. The van der Waals surface area contributed by atoms with Gasteiger partial charge in [-0.05, 0) is 26.0 Å². The van der Waals surface area contributed by atoms with E-state index in [1.54, 1.807) is 6.20 Å². The van der Waals surface area contributed by atoms with Crippen molar-refractivity contribution in [1.82, 2.24) is 29.9 Å². The Kier molecular flexibility index (Phi) is 5.36. The van der Waals surface area contributed by atoms with Gasteiger partial charge in [-0.3, -0.25) is 14.7 Å². The molecule has 1 atom stereocenters. The van der Waals surface area contributed by atoms with E-state index in [9.17, 15) is 4.79 Å². The molecule has 1 amide bonds. The average molecular weight is 428 g/mol. The molecule has 0 N–H and O–H groups in total. The van der Waals surface area contributed by atoms with Gasteiger partial charge in [-0.15, -0.1) is 0 Å². The molecule has 5 rings (SSSR count). The number of amides is 1. The zero-order valence-electron chi connectivity index (χ0n) is 18.1. The topological polar surface area (TPSA) is 88.3 Å². The minimum Gasteiger partial charge on any atom is -0.337 e. The molecule has 3 heterocycles. The second-order valence-electron chi connectivity index (χ2n) is 8.07. The number of hydrogen-bond donors (Lipinski definition) is 0. The van der Waals surface area contributed by atoms with Crippen LogP contribution >= 0.6 is 0 Å². The standard InChI is InChI=1S/C24H24N6O2/c1-16-7-9-18(10-8-16)22-27-23(32-28-22)17(2)29-11-13-30(14-12-29)24(31)21-15-25-19-5-3-4-6-20(19)26-21/h3-10,15,17H,11-14H2,1-2H3. The van der Waals surface area contributed by atoms with E-state index in [0.29, 0.717) is 30.5 Å². The zero-order valence-corrected chi connectivity index (χ0v) is 18.1. The fraction of sp³-hybridized carbons (Fsp3) is 0.292. The second kappa shape index (κ2) is 8.47. The van der Waals surface area contributed by atoms with Crippen molar-refractivity contribution < 1.29 is 9.32 Å². The first kappa shape index (κ1) is 20.3. The lowest BCUT2D eigenvalue weighted by Crippen LogP contribution is -2.49. The third-order valence-electron chi connectivity index (χ3n) is 5.93. The lowest BCUT2D eigenvalue weighted by molar-refractivity contribution is 0.0546. The Labute approximate surface area is 185 Å². The van der Waals surface area contributed by atoms with Crippen LogP contribution in [-0.4, -0.2) is 62.0 Å². The number of carbonyl (C=O) groups is 1. The molecule has 1 aliphatic rings. The second-order valence-corrected chi connectivity index (χ2v) is 8.07. The smallest absolute Gasteiger partial charge is 0.274 e. The van der Waals surface area contributed by atoms with Crippen molar-refractivity contribution in [3.05, 3.63) is 71.9 Å². The quantitative estimate of drug-likeness (QED) is 0.491. The molecule has 1 aliphatic heterocycles. The first-order valence-corrected chi connectivity index (χ1v) is 10.7. The number of carbonyl (C=O) groups excluding carboxylic acids is 1. The van der Waals surface area contributed by atoms with E-state index in [0.717, 1.165) is 29.7 Å². The number of fused-ring (bicyclic) bond motifs is 1. The summed E-state index contributed by atoms with van der Waals surface area (Å²) in [5.41, 5.74) is 4.01. The summed E-state index contributed by atoms with van der Waals surface area (Å²) in [6.07, 6.45) is 1.56. The minimum atomic E-state index is -0.0880. The molecule has 2 aromatic heterocycles. The van der Waals surface area contributed by atoms with Gasteiger partial charge >= 0.3 is 0 Å². The van der Waals surface area contributed by atoms with Crippen molar-refractivity contribution in [2.24, 2.45) is 0 Å². The molecule has 4 aromatic rings. The predicted octanol–water partition coefficient (Wildman–Crippen LogP) is 3.51. The van der Waals surface area contributed by atoms with Crippen molar-refractivity contribution in [3.8, 4) is 11.4 Å². The number of hydrogen-bond acceptors (Lipinski definition) is 7. The molecule has 1 unspecified atom stereocenters. The largest absolute Gasteiger partial charge is 0.337 e. The summed E-state index contributed by atoms with van der Waals surface area (Å²) in [6.45, 7) is 6.75. The molecule has 1 fully saturated rings. The van der Waals surface area contributed by atoms with Gasteiger partial charge in [0.25, 0.3) is 5.91 Å². The van der Waals surface area contributed by atoms with Gasteiger partial charge in [0.05, 0.1) is 23.3 Å². The fourth-order valence-corrected chi connectivity index (χ4v) is 3.92. The van der Waals surface area contributed by atoms with Crippen LogP contribution < -0.4 is 0 Å². The molecule has 2 aromatic carbocycles. The summed E-state index contributed by atoms with van der Waals surface area (Å²) in [5.74, 6) is 1.09. The van der Waals surface area contributed by atoms with Crippen LogP contribution in [0.1, 0.15) is 34.9 Å². The first-order valence-electron chi connectivity index (χ1n) is 10.7. The van der Waals surface area contributed by atoms with E-state index in [2.05, 4.69) is 31.9 Å². The zero-order chi connectivity index (χ0) is 22.1. The van der Waals surface area contributed by atoms with Crippen LogP contribution in [0.25, 0.3) is 22.4 Å². The van der Waals surface area contributed by atoms with Crippen molar-refractivity contribution in [1.29, 1.82) is 0 Å². The van der Waals surface area contributed by atoms with Gasteiger partial charge in [0.2, 0.25) is 11.7 Å². The molecule has 0 bridgehead atoms. The monoisotopic (exact) mass is 428 g/mol. The van der Waals surface area contributed by atoms with Crippen LogP contribution in [0.15, 0.2) is 59.3 Å². The lowest BCUT2D eigenvalue weighted by atomic mass is 10.1. The summed E-state index contributed by atoms with van der Waals surface area (Å²) in [7, 11) is 0. The van der Waals surface area contributed by atoms with Gasteiger partial charge in [-0.25, -0.2) is 4.98 Å². The minimum absolute atomic E-state index is 0.0283. The maximum atomic E-state index is 12.9. The summed E-state index contributed by atoms with van der Waals surface area (Å²) in [5, 5.41) is 4.15. The molecule has 0 spiro atoms. The summed E-state index contributed by atoms with van der Waals surface area (Å²) < 4.78 is 5.55. The van der Waals surface area contributed by atoms with Gasteiger partial charge < -0.3 is 9.42 Å². The van der Waals surface area contributed by atoms with E-state index in [1.165, 1.54) is 5.56 Å². The van der Waals surface area contributed by atoms with Crippen molar-refractivity contribution in [2.75, 3.05) is 26.2 Å². The predicted molar refractivity (Wildman–Crippen MR) is 120 cm³/mol. The van der Waals surface area contributed by atoms with Gasteiger partial charge in [-0.1, -0.05) is 47.1 Å². The highest BCUT2D eigenvalue weighted by molar-refractivity contribution is 5.93. The van der Waals surface area contributed by atoms with Crippen LogP contribution in [-0.2, 0) is 0 Å². The van der Waals surface area contributed by atoms with Crippen LogP contribution in [0.2, 0.25) is 0 Å². The molecule has 32 heavy (non-hydrogen) atoms. The molecule has 0 aliphatic carbocycles. The van der Waals surface area contributed by atoms with E-state index in [-0.39, 0.29) is 11.9 Å². The lowest BCUT2D eigenvalue weighted by Gasteiger charge is -2.36. The number of aromatic nitrogens is 4. The van der Waals surface area contributed by atoms with Crippen molar-refractivity contribution >= 4 is 16.9 Å². The highest BCUT2D eigenvalue weighted by Gasteiger charge is 2.28. The Hall–Kier alpha value is -3.65. The Morgan fingerprint density at radius 1 is 0.969 bits per heavy atom. The molecule has 8 nitrogen and oxygen atoms in total. The highest BCUT2D eigenvalue weighted by atomic mass is 16.5. The third kappa shape index (κ3) is 3.97. The van der Waals surface area contributed by atoms with Gasteiger partial charge in [0, 0.05) is 31.7 Å². The summed E-state index contributed by atoms with van der Waals surface area (Å²) in [4.78, 5) is 30.5. The normalized spacial score (nSPS) is 15.8. The van der Waals surface area contributed by atoms with E-state index in [4.69, 9.17) is 4.52 Å². The van der Waals surface area contributed by atoms with E-state index >= 15 is 0 Å². The summed E-state index contributed by atoms with van der Waals surface area (Å²) in [6, 6.07) is 15.6. The first-order chi connectivity index (χ1) is 15.6. The highest BCUT2D eigenvalue weighted by Crippen LogP contribution is 2.24. The SMILES string of the molecule is Cc1ccc(-c2noc(C(C)N3CCN(C(=O)c4cnc5ccccc5n4)CC3)n2)cc1. The van der Waals surface area contributed by atoms with Crippen LogP contribution in [0.3, 0.4) is 0 Å². The molecule has 1 saturated heterocycles. The maximum Gasteiger partial charge on any atom is 0.274 e. The van der Waals surface area contributed by atoms with Crippen LogP contribution in [0, 0.1) is 6.92 Å². The molecular formula is C24H24N6O2. The Bertz CT molecular complexity index is 1240. The summed E-state index contributed by atoms with van der Waals surface area (Å²) >= 11 is 0. The average Bonchev–Trinajstić information content (AvgIpc) is 3.34. The third-order valence-corrected chi connectivity index (χ3v) is 5.93. The number of rotatable bonds is 4. The molecule has 8 heteroatoms. The number of nitrogens with zero attached hydrogens (tertiary/aromatic N) is 6. The van der Waals surface area contributed by atoms with Crippen LogP contribution in [0.5, 0.6) is 0 Å². The number of piperazine rings is 1. The van der Waals surface area contributed by atoms with Crippen LogP contribution in [0.4, 0.5) is 0 Å².